The molecule has 1 aliphatic heterocycles. The first kappa shape index (κ1) is 12.3. The Bertz CT molecular complexity index is 404. The Hall–Kier alpha value is 0.290. The molecular formula is C12H18N2S3. The summed E-state index contributed by atoms with van der Waals surface area (Å²) >= 11 is 6.04. The normalized spacial score (nSPS) is 33.4. The van der Waals surface area contributed by atoms with Gasteiger partial charge in [-0.25, -0.2) is 4.98 Å². The van der Waals surface area contributed by atoms with Crippen molar-refractivity contribution in [3.05, 3.63) is 15.6 Å². The molecule has 2 heterocycles. The van der Waals surface area contributed by atoms with Gasteiger partial charge < -0.3 is 5.73 Å². The summed E-state index contributed by atoms with van der Waals surface area (Å²) in [7, 11) is 0. The molecule has 0 spiro atoms. The largest absolute Gasteiger partial charge is 0.323 e. The van der Waals surface area contributed by atoms with Gasteiger partial charge in [-0.1, -0.05) is 6.92 Å². The average Bonchev–Trinajstić information content (AvgIpc) is 2.75. The van der Waals surface area contributed by atoms with Crippen LogP contribution in [0.3, 0.4) is 0 Å². The maximum atomic E-state index is 6.18. The number of aryl methyl sites for hydroxylation is 1. The molecule has 17 heavy (non-hydrogen) atoms. The lowest BCUT2D eigenvalue weighted by atomic mass is 9.99. The van der Waals surface area contributed by atoms with E-state index >= 15 is 0 Å². The predicted octanol–water partition coefficient (Wildman–Crippen LogP) is 3.39. The van der Waals surface area contributed by atoms with E-state index < -0.39 is 0 Å². The molecule has 2 nitrogen and oxygen atoms in total. The van der Waals surface area contributed by atoms with Crippen molar-refractivity contribution in [3.63, 3.8) is 0 Å². The average molecular weight is 286 g/mol. The van der Waals surface area contributed by atoms with Gasteiger partial charge >= 0.3 is 0 Å². The third-order valence-corrected chi connectivity index (χ3v) is 8.00. The number of thioether (sulfide) groups is 2. The van der Waals surface area contributed by atoms with Gasteiger partial charge in [-0.3, -0.25) is 0 Å². The Balaban J connectivity index is 1.88. The smallest absolute Gasteiger partial charge is 0.107 e. The van der Waals surface area contributed by atoms with E-state index in [2.05, 4.69) is 30.4 Å². The zero-order chi connectivity index (χ0) is 11.8. The molecule has 94 valence electrons. The van der Waals surface area contributed by atoms with Crippen molar-refractivity contribution in [1.82, 2.24) is 4.98 Å². The number of fused-ring (bicyclic) bond motifs is 1. The summed E-state index contributed by atoms with van der Waals surface area (Å²) in [5, 5.41) is 2.62. The summed E-state index contributed by atoms with van der Waals surface area (Å²) in [6.45, 7) is 2.34. The molecule has 1 aliphatic carbocycles. The molecule has 1 fully saturated rings. The molecule has 1 saturated heterocycles. The molecule has 2 N–H and O–H groups in total. The van der Waals surface area contributed by atoms with E-state index in [9.17, 15) is 0 Å². The lowest BCUT2D eigenvalue weighted by Gasteiger charge is -2.25. The van der Waals surface area contributed by atoms with Gasteiger partial charge in [-0.15, -0.1) is 23.1 Å². The van der Waals surface area contributed by atoms with Crippen LogP contribution in [0.1, 0.15) is 46.6 Å². The van der Waals surface area contributed by atoms with Gasteiger partial charge in [-0.05, 0) is 19.3 Å². The van der Waals surface area contributed by atoms with Crippen LogP contribution < -0.4 is 5.73 Å². The van der Waals surface area contributed by atoms with E-state index in [1.807, 2.05) is 11.3 Å². The van der Waals surface area contributed by atoms with Gasteiger partial charge in [0.1, 0.15) is 5.01 Å². The molecule has 2 aliphatic rings. The van der Waals surface area contributed by atoms with Crippen LogP contribution in [0.4, 0.5) is 0 Å². The van der Waals surface area contributed by atoms with E-state index in [0.29, 0.717) is 10.5 Å². The quantitative estimate of drug-likeness (QED) is 0.859. The van der Waals surface area contributed by atoms with Crippen LogP contribution in [0.25, 0.3) is 0 Å². The maximum absolute atomic E-state index is 6.18. The summed E-state index contributed by atoms with van der Waals surface area (Å²) in [6, 6.07) is 0.251. The fraction of sp³-hybridized carbons (Fsp3) is 0.750. The highest BCUT2D eigenvalue weighted by Crippen LogP contribution is 2.45. The minimum atomic E-state index is 0.251. The Morgan fingerprint density at radius 2 is 2.12 bits per heavy atom. The summed E-state index contributed by atoms with van der Waals surface area (Å²) in [5.74, 6) is 2.54. The van der Waals surface area contributed by atoms with E-state index in [4.69, 9.17) is 10.7 Å². The summed E-state index contributed by atoms with van der Waals surface area (Å²) in [6.07, 6.45) is 3.48. The standard InChI is InChI=1S/C12H18N2S3/c1-7-10(16-6-5-15-7)12-14-9-4-2-3-8(13)11(9)17-12/h7-8,10H,2-6,13H2,1H3. The highest BCUT2D eigenvalue weighted by atomic mass is 32.2. The summed E-state index contributed by atoms with van der Waals surface area (Å²) in [5.41, 5.74) is 7.48. The molecule has 0 amide bonds. The van der Waals surface area contributed by atoms with Gasteiger partial charge in [0.2, 0.25) is 0 Å². The van der Waals surface area contributed by atoms with Crippen LogP contribution in [0.5, 0.6) is 0 Å². The van der Waals surface area contributed by atoms with Crippen molar-refractivity contribution in [1.29, 1.82) is 0 Å². The number of nitrogens with zero attached hydrogens (tertiary/aromatic N) is 1. The van der Waals surface area contributed by atoms with Crippen molar-refractivity contribution in [3.8, 4) is 0 Å². The van der Waals surface area contributed by atoms with E-state index in [-0.39, 0.29) is 6.04 Å². The van der Waals surface area contributed by atoms with Crippen LogP contribution in [0.2, 0.25) is 0 Å². The van der Waals surface area contributed by atoms with E-state index in [0.717, 1.165) is 12.8 Å². The van der Waals surface area contributed by atoms with E-state index in [1.54, 1.807) is 0 Å². The first-order valence-electron chi connectivity index (χ1n) is 6.24. The number of hydrogen-bond donors (Lipinski definition) is 1. The number of rotatable bonds is 1. The summed E-state index contributed by atoms with van der Waals surface area (Å²) in [4.78, 5) is 6.25. The molecule has 3 rings (SSSR count). The van der Waals surface area contributed by atoms with Crippen molar-refractivity contribution < 1.29 is 0 Å². The molecule has 3 unspecified atom stereocenters. The lowest BCUT2D eigenvalue weighted by molar-refractivity contribution is 0.573. The fourth-order valence-electron chi connectivity index (χ4n) is 2.50. The van der Waals surface area contributed by atoms with Crippen molar-refractivity contribution in [2.24, 2.45) is 5.73 Å². The number of nitrogens with two attached hydrogens (primary N) is 1. The molecule has 1 aromatic rings. The van der Waals surface area contributed by atoms with Gasteiger partial charge in [0.15, 0.2) is 0 Å². The number of thiazole rings is 1. The highest BCUT2D eigenvalue weighted by Gasteiger charge is 2.30. The van der Waals surface area contributed by atoms with Gasteiger partial charge in [0.25, 0.3) is 0 Å². The minimum absolute atomic E-state index is 0.251. The van der Waals surface area contributed by atoms with Gasteiger partial charge in [-0.2, -0.15) is 11.8 Å². The van der Waals surface area contributed by atoms with Crippen LogP contribution >= 0.6 is 34.9 Å². The maximum Gasteiger partial charge on any atom is 0.107 e. The Morgan fingerprint density at radius 3 is 2.88 bits per heavy atom. The van der Waals surface area contributed by atoms with Crippen LogP contribution in [-0.2, 0) is 6.42 Å². The molecule has 0 saturated carbocycles. The topological polar surface area (TPSA) is 38.9 Å². The van der Waals surface area contributed by atoms with Crippen molar-refractivity contribution >= 4 is 34.9 Å². The van der Waals surface area contributed by atoms with E-state index in [1.165, 1.54) is 33.5 Å². The predicted molar refractivity (Wildman–Crippen MR) is 79.1 cm³/mol. The molecule has 5 heteroatoms. The zero-order valence-electron chi connectivity index (χ0n) is 10.0. The molecule has 0 aromatic carbocycles. The van der Waals surface area contributed by atoms with Crippen LogP contribution in [0, 0.1) is 0 Å². The SMILES string of the molecule is CC1SCCSC1c1nc2c(s1)C(N)CCC2. The zero-order valence-corrected chi connectivity index (χ0v) is 12.5. The Morgan fingerprint density at radius 1 is 1.29 bits per heavy atom. The first-order valence-corrected chi connectivity index (χ1v) is 9.15. The molecule has 0 bridgehead atoms. The monoisotopic (exact) mass is 286 g/mol. The van der Waals surface area contributed by atoms with Crippen molar-refractivity contribution in [2.75, 3.05) is 11.5 Å². The fourth-order valence-corrected chi connectivity index (χ4v) is 6.81. The second-order valence-corrected chi connectivity index (χ2v) is 8.53. The van der Waals surface area contributed by atoms with Crippen LogP contribution in [-0.4, -0.2) is 21.7 Å². The van der Waals surface area contributed by atoms with Crippen LogP contribution in [0.15, 0.2) is 0 Å². The molecule has 0 radical (unpaired) electrons. The second-order valence-electron chi connectivity index (χ2n) is 4.73. The number of hydrogen-bond acceptors (Lipinski definition) is 5. The Labute approximate surface area is 115 Å². The van der Waals surface area contributed by atoms with Crippen molar-refractivity contribution in [2.45, 2.75) is 42.7 Å². The third kappa shape index (κ3) is 2.39. The minimum Gasteiger partial charge on any atom is -0.323 e. The first-order chi connectivity index (χ1) is 8.25. The second kappa shape index (κ2) is 5.11. The number of aromatic nitrogens is 1. The summed E-state index contributed by atoms with van der Waals surface area (Å²) < 4.78 is 0. The lowest BCUT2D eigenvalue weighted by Crippen LogP contribution is -2.15. The third-order valence-electron chi connectivity index (χ3n) is 3.44. The highest BCUT2D eigenvalue weighted by molar-refractivity contribution is 8.06. The molecular weight excluding hydrogens is 268 g/mol. The van der Waals surface area contributed by atoms with Gasteiger partial charge in [0, 0.05) is 27.7 Å². The van der Waals surface area contributed by atoms with Gasteiger partial charge in [0.05, 0.1) is 10.9 Å². The Kier molecular flexibility index (Phi) is 3.71. The molecule has 1 aromatic heterocycles. The molecule has 3 atom stereocenters.